The number of aliphatic hydroxyl groups excluding tert-OH is 1. The number of aliphatic hydroxyl groups is 1. The Kier molecular flexibility index (Phi) is 2.58. The van der Waals surface area contributed by atoms with Gasteiger partial charge in [-0.25, -0.2) is 0 Å². The summed E-state index contributed by atoms with van der Waals surface area (Å²) in [4.78, 5) is 0. The zero-order chi connectivity index (χ0) is 11.9. The van der Waals surface area contributed by atoms with Crippen molar-refractivity contribution in [3.05, 3.63) is 23.8 Å². The lowest BCUT2D eigenvalue weighted by Crippen LogP contribution is -2.48. The summed E-state index contributed by atoms with van der Waals surface area (Å²) in [5, 5.41) is 13.3. The number of ether oxygens (including phenoxy) is 1. The van der Waals surface area contributed by atoms with Crippen LogP contribution in [0.2, 0.25) is 0 Å². The quantitative estimate of drug-likeness (QED) is 0.765. The molecule has 0 spiro atoms. The third-order valence-corrected chi connectivity index (χ3v) is 3.35. The van der Waals surface area contributed by atoms with Crippen molar-refractivity contribution in [1.29, 1.82) is 0 Å². The zero-order valence-corrected chi connectivity index (χ0v) is 10.2. The van der Waals surface area contributed by atoms with Gasteiger partial charge in [0.25, 0.3) is 0 Å². The Morgan fingerprint density at radius 3 is 2.69 bits per heavy atom. The Labute approximate surface area is 96.4 Å². The number of hydrogen-bond acceptors (Lipinski definition) is 3. The lowest BCUT2D eigenvalue weighted by molar-refractivity contribution is -0.0549. The maximum atomic E-state index is 10.2. The molecular formula is C13H19NO2. The largest absolute Gasteiger partial charge is 0.485 e. The Morgan fingerprint density at radius 2 is 2.06 bits per heavy atom. The molecule has 0 bridgehead atoms. The van der Waals surface area contributed by atoms with E-state index >= 15 is 0 Å². The van der Waals surface area contributed by atoms with Crippen LogP contribution in [-0.4, -0.2) is 23.9 Å². The second kappa shape index (κ2) is 3.67. The molecule has 88 valence electrons. The normalized spacial score (nSPS) is 26.8. The van der Waals surface area contributed by atoms with Crippen LogP contribution >= 0.6 is 0 Å². The van der Waals surface area contributed by atoms with Gasteiger partial charge in [0, 0.05) is 24.2 Å². The first-order chi connectivity index (χ1) is 7.45. The van der Waals surface area contributed by atoms with Crippen molar-refractivity contribution in [2.45, 2.75) is 38.4 Å². The number of benzene rings is 1. The maximum Gasteiger partial charge on any atom is 0.130 e. The van der Waals surface area contributed by atoms with E-state index in [9.17, 15) is 5.11 Å². The van der Waals surface area contributed by atoms with Crippen LogP contribution in [0.5, 0.6) is 5.75 Å². The van der Waals surface area contributed by atoms with Gasteiger partial charge in [-0.05, 0) is 32.0 Å². The smallest absolute Gasteiger partial charge is 0.130 e. The van der Waals surface area contributed by atoms with Crippen LogP contribution < -0.4 is 10.1 Å². The second-order valence-electron chi connectivity index (χ2n) is 4.94. The Bertz CT molecular complexity index is 401. The van der Waals surface area contributed by atoms with Crippen molar-refractivity contribution in [3.8, 4) is 5.75 Å². The first-order valence-corrected chi connectivity index (χ1v) is 5.64. The van der Waals surface area contributed by atoms with Crippen molar-refractivity contribution >= 4 is 5.69 Å². The molecule has 3 heteroatoms. The molecule has 2 N–H and O–H groups in total. The molecular weight excluding hydrogens is 202 g/mol. The summed E-state index contributed by atoms with van der Waals surface area (Å²) in [5.41, 5.74) is 1.59. The fourth-order valence-corrected chi connectivity index (χ4v) is 2.27. The van der Waals surface area contributed by atoms with Gasteiger partial charge in [-0.2, -0.15) is 0 Å². The first-order valence-electron chi connectivity index (χ1n) is 5.64. The molecule has 1 aliphatic rings. The summed E-state index contributed by atoms with van der Waals surface area (Å²) < 4.78 is 5.82. The first kappa shape index (κ1) is 11.3. The highest BCUT2D eigenvalue weighted by Crippen LogP contribution is 2.41. The van der Waals surface area contributed by atoms with Crippen LogP contribution in [0.1, 0.15) is 32.3 Å². The minimum atomic E-state index is -0.520. The number of nitrogens with one attached hydrogen (secondary N) is 1. The standard InChI is InChI=1S/C13H19NO2/c1-8-10-7-9(14-4)5-6-11(10)16-13(2,3)12(8)15/h5-8,12,14-15H,1-4H3/t8-,12+/m1/s1. The van der Waals surface area contributed by atoms with Gasteiger partial charge in [0.05, 0.1) is 6.10 Å². The van der Waals surface area contributed by atoms with Crippen LogP contribution in [0.25, 0.3) is 0 Å². The predicted octanol–water partition coefficient (Wildman–Crippen LogP) is 2.36. The summed E-state index contributed by atoms with van der Waals surface area (Å²) in [6.07, 6.45) is -0.480. The van der Waals surface area contributed by atoms with Crippen molar-refractivity contribution < 1.29 is 9.84 Å². The third kappa shape index (κ3) is 1.65. The summed E-state index contributed by atoms with van der Waals surface area (Å²) in [5.74, 6) is 0.967. The van der Waals surface area contributed by atoms with E-state index in [4.69, 9.17) is 4.74 Å². The van der Waals surface area contributed by atoms with E-state index in [0.29, 0.717) is 0 Å². The molecule has 1 heterocycles. The van der Waals surface area contributed by atoms with Gasteiger partial charge >= 0.3 is 0 Å². The van der Waals surface area contributed by atoms with E-state index in [1.165, 1.54) is 0 Å². The number of anilines is 1. The fraction of sp³-hybridized carbons (Fsp3) is 0.538. The molecule has 1 aromatic rings. The summed E-state index contributed by atoms with van der Waals surface area (Å²) in [7, 11) is 1.89. The van der Waals surface area contributed by atoms with Gasteiger partial charge in [-0.3, -0.25) is 0 Å². The molecule has 0 unspecified atom stereocenters. The zero-order valence-electron chi connectivity index (χ0n) is 10.2. The van der Waals surface area contributed by atoms with Gasteiger partial charge < -0.3 is 15.2 Å². The van der Waals surface area contributed by atoms with Crippen LogP contribution in [0.3, 0.4) is 0 Å². The van der Waals surface area contributed by atoms with Crippen LogP contribution in [0, 0.1) is 0 Å². The minimum absolute atomic E-state index is 0.0899. The van der Waals surface area contributed by atoms with Gasteiger partial charge in [-0.1, -0.05) is 6.92 Å². The molecule has 0 saturated carbocycles. The summed E-state index contributed by atoms with van der Waals surface area (Å²) >= 11 is 0. The van der Waals surface area contributed by atoms with Crippen molar-refractivity contribution in [3.63, 3.8) is 0 Å². The molecule has 0 aromatic heterocycles. The van der Waals surface area contributed by atoms with E-state index in [-0.39, 0.29) is 5.92 Å². The molecule has 2 atom stereocenters. The van der Waals surface area contributed by atoms with Crippen molar-refractivity contribution in [1.82, 2.24) is 0 Å². The van der Waals surface area contributed by atoms with E-state index in [1.54, 1.807) is 0 Å². The summed E-state index contributed by atoms with van der Waals surface area (Å²) in [6.45, 7) is 5.87. The van der Waals surface area contributed by atoms with Crippen LogP contribution in [0.4, 0.5) is 5.69 Å². The minimum Gasteiger partial charge on any atom is -0.485 e. The highest BCUT2D eigenvalue weighted by Gasteiger charge is 2.40. The molecule has 0 radical (unpaired) electrons. The van der Waals surface area contributed by atoms with Gasteiger partial charge in [0.1, 0.15) is 11.4 Å². The SMILES string of the molecule is CNc1ccc2c(c1)[C@@H](C)[C@H](O)C(C)(C)O2. The molecule has 0 saturated heterocycles. The Balaban J connectivity index is 2.47. The molecule has 2 rings (SSSR count). The Hall–Kier alpha value is -1.22. The Morgan fingerprint density at radius 1 is 1.38 bits per heavy atom. The summed E-state index contributed by atoms with van der Waals surface area (Å²) in [6, 6.07) is 5.99. The monoisotopic (exact) mass is 221 g/mol. The van der Waals surface area contributed by atoms with Gasteiger partial charge in [-0.15, -0.1) is 0 Å². The van der Waals surface area contributed by atoms with Crippen molar-refractivity contribution in [2.24, 2.45) is 0 Å². The van der Waals surface area contributed by atoms with E-state index in [2.05, 4.69) is 5.32 Å². The number of fused-ring (bicyclic) bond motifs is 1. The number of hydrogen-bond donors (Lipinski definition) is 2. The third-order valence-electron chi connectivity index (χ3n) is 3.35. The molecule has 0 amide bonds. The number of rotatable bonds is 1. The lowest BCUT2D eigenvalue weighted by atomic mass is 9.82. The molecule has 3 nitrogen and oxygen atoms in total. The van der Waals surface area contributed by atoms with E-state index in [1.807, 2.05) is 46.0 Å². The van der Waals surface area contributed by atoms with Crippen LogP contribution in [-0.2, 0) is 0 Å². The average Bonchev–Trinajstić information content (AvgIpc) is 2.25. The molecule has 0 fully saturated rings. The molecule has 16 heavy (non-hydrogen) atoms. The molecule has 1 aromatic carbocycles. The molecule has 1 aliphatic heterocycles. The highest BCUT2D eigenvalue weighted by atomic mass is 16.5. The fourth-order valence-electron chi connectivity index (χ4n) is 2.27. The maximum absolute atomic E-state index is 10.2. The van der Waals surface area contributed by atoms with Crippen molar-refractivity contribution in [2.75, 3.05) is 12.4 Å². The van der Waals surface area contributed by atoms with Gasteiger partial charge in [0.15, 0.2) is 0 Å². The average molecular weight is 221 g/mol. The lowest BCUT2D eigenvalue weighted by Gasteiger charge is -2.41. The topological polar surface area (TPSA) is 41.5 Å². The van der Waals surface area contributed by atoms with E-state index in [0.717, 1.165) is 17.0 Å². The van der Waals surface area contributed by atoms with Gasteiger partial charge in [0.2, 0.25) is 0 Å². The predicted molar refractivity (Wildman–Crippen MR) is 65.1 cm³/mol. The highest BCUT2D eigenvalue weighted by molar-refractivity contribution is 5.53. The van der Waals surface area contributed by atoms with Crippen LogP contribution in [0.15, 0.2) is 18.2 Å². The van der Waals surface area contributed by atoms with E-state index < -0.39 is 11.7 Å². The molecule has 0 aliphatic carbocycles. The second-order valence-corrected chi connectivity index (χ2v) is 4.94.